The Labute approximate surface area is 343 Å². The fourth-order valence-electron chi connectivity index (χ4n) is 8.68. The van der Waals surface area contributed by atoms with Crippen LogP contribution in [0.5, 0.6) is 0 Å². The molecule has 4 aromatic rings. The Morgan fingerprint density at radius 3 is 2.34 bits per heavy atom. The molecule has 1 unspecified atom stereocenters. The summed E-state index contributed by atoms with van der Waals surface area (Å²) in [6, 6.07) is 15.6. The molecule has 4 fully saturated rings. The first-order valence-corrected chi connectivity index (χ1v) is 21.0. The minimum Gasteiger partial charge on any atom is -0.374 e. The largest absolute Gasteiger partial charge is 0.374 e. The van der Waals surface area contributed by atoms with Gasteiger partial charge in [0.2, 0.25) is 24.2 Å². The van der Waals surface area contributed by atoms with Crippen LogP contribution in [0, 0.1) is 24.5 Å². The van der Waals surface area contributed by atoms with Crippen LogP contribution in [-0.4, -0.2) is 87.4 Å². The van der Waals surface area contributed by atoms with Crippen LogP contribution in [0.2, 0.25) is 0 Å². The standard InChI is InChI=1S/C23H31FN4O3.C22H23FN4O/c24-20-13-18(25-21-3-4-22(30)26-23(21)31)1-2-19(20)17-7-11-27(12-8-17)14-16-5-9-28(15-29)10-6-16;1-15-10-11-27(20(28)12-15)18-9-5-6-16(13-18)21-19(23)14-24-22(26-21)25-17-7-3-2-4-8-17/h1-2,13,15-17,21,25H,3-12,14H2,(H,26,30,31);5-6,9-14,17H,2-4,7-8H2,1H3,(H,24,25,26). The summed E-state index contributed by atoms with van der Waals surface area (Å²) in [6.45, 7) is 6.59. The lowest BCUT2D eigenvalue weighted by Crippen LogP contribution is -2.47. The summed E-state index contributed by atoms with van der Waals surface area (Å²) in [7, 11) is 0. The van der Waals surface area contributed by atoms with E-state index in [1.54, 1.807) is 30.5 Å². The third-order valence-electron chi connectivity index (χ3n) is 12.1. The molecule has 4 aliphatic rings. The van der Waals surface area contributed by atoms with Crippen LogP contribution in [0.1, 0.15) is 87.7 Å². The number of piperidine rings is 3. The predicted molar refractivity (Wildman–Crippen MR) is 223 cm³/mol. The molecule has 59 heavy (non-hydrogen) atoms. The van der Waals surface area contributed by atoms with Crippen LogP contribution >= 0.6 is 0 Å². The second kappa shape index (κ2) is 19.5. The maximum atomic E-state index is 14.8. The molecular formula is C45H54F2N8O4. The molecule has 3 N–H and O–H groups in total. The van der Waals surface area contributed by atoms with Crippen molar-refractivity contribution in [3.05, 3.63) is 100 Å². The maximum Gasteiger partial charge on any atom is 0.255 e. The Bertz CT molecular complexity index is 2160. The number of amides is 3. The zero-order valence-electron chi connectivity index (χ0n) is 33.7. The molecule has 3 aliphatic heterocycles. The van der Waals surface area contributed by atoms with Crippen molar-refractivity contribution in [1.29, 1.82) is 0 Å². The van der Waals surface area contributed by atoms with Crippen LogP contribution in [0.15, 0.2) is 71.8 Å². The lowest BCUT2D eigenvalue weighted by Gasteiger charge is -2.37. The van der Waals surface area contributed by atoms with Crippen LogP contribution in [-0.2, 0) is 14.4 Å². The summed E-state index contributed by atoms with van der Waals surface area (Å²) in [5, 5.41) is 8.69. The van der Waals surface area contributed by atoms with Crippen LogP contribution in [0.4, 0.5) is 20.4 Å². The number of carbonyl (C=O) groups excluding carboxylic acids is 3. The number of hydrogen-bond acceptors (Lipinski definition) is 9. The molecule has 1 aliphatic carbocycles. The van der Waals surface area contributed by atoms with Gasteiger partial charge in [-0.05, 0) is 118 Å². The van der Waals surface area contributed by atoms with Gasteiger partial charge in [0, 0.05) is 61.3 Å². The maximum absolute atomic E-state index is 14.8. The summed E-state index contributed by atoms with van der Waals surface area (Å²) in [6.07, 6.45) is 14.4. The van der Waals surface area contributed by atoms with E-state index in [1.807, 2.05) is 36.1 Å². The van der Waals surface area contributed by atoms with E-state index in [0.29, 0.717) is 47.7 Å². The number of hydrogen-bond donors (Lipinski definition) is 3. The van der Waals surface area contributed by atoms with Gasteiger partial charge in [-0.2, -0.15) is 0 Å². The number of likely N-dealkylation sites (tertiary alicyclic amines) is 2. The molecule has 8 rings (SSSR count). The van der Waals surface area contributed by atoms with E-state index in [0.717, 1.165) is 88.8 Å². The van der Waals surface area contributed by atoms with Gasteiger partial charge < -0.3 is 20.4 Å². The topological polar surface area (TPSA) is 142 Å². The quantitative estimate of drug-likeness (QED) is 0.120. The molecule has 2 aromatic carbocycles. The monoisotopic (exact) mass is 808 g/mol. The third-order valence-corrected chi connectivity index (χ3v) is 12.1. The third kappa shape index (κ3) is 11.0. The Balaban J connectivity index is 0.000000180. The van der Waals surface area contributed by atoms with Gasteiger partial charge in [-0.25, -0.2) is 18.7 Å². The highest BCUT2D eigenvalue weighted by Gasteiger charge is 2.29. The summed E-state index contributed by atoms with van der Waals surface area (Å²) >= 11 is 0. The minimum absolute atomic E-state index is 0.125. The lowest BCUT2D eigenvalue weighted by atomic mass is 9.88. The van der Waals surface area contributed by atoms with Crippen LogP contribution in [0.3, 0.4) is 0 Å². The van der Waals surface area contributed by atoms with E-state index in [9.17, 15) is 28.0 Å². The van der Waals surface area contributed by atoms with E-state index in [-0.39, 0.29) is 34.8 Å². The highest BCUT2D eigenvalue weighted by atomic mass is 19.1. The van der Waals surface area contributed by atoms with Crippen molar-refractivity contribution in [1.82, 2.24) is 29.7 Å². The number of nitrogens with one attached hydrogen (secondary N) is 3. The fourth-order valence-corrected chi connectivity index (χ4v) is 8.68. The number of pyridine rings is 1. The van der Waals surface area contributed by atoms with E-state index in [4.69, 9.17) is 0 Å². The number of nitrogens with zero attached hydrogens (tertiary/aromatic N) is 5. The van der Waals surface area contributed by atoms with E-state index >= 15 is 0 Å². The van der Waals surface area contributed by atoms with Gasteiger partial charge in [0.25, 0.3) is 5.56 Å². The molecule has 0 radical (unpaired) electrons. The first-order valence-electron chi connectivity index (χ1n) is 21.0. The average Bonchev–Trinajstić information content (AvgIpc) is 3.24. The first kappa shape index (κ1) is 41.7. The Kier molecular flexibility index (Phi) is 13.8. The molecular weight excluding hydrogens is 755 g/mol. The molecule has 12 nitrogen and oxygen atoms in total. The van der Waals surface area contributed by atoms with Crippen LogP contribution in [0.25, 0.3) is 16.9 Å². The van der Waals surface area contributed by atoms with E-state index < -0.39 is 11.9 Å². The van der Waals surface area contributed by atoms with Crippen molar-refractivity contribution >= 4 is 29.9 Å². The summed E-state index contributed by atoms with van der Waals surface area (Å²) in [5.74, 6) is -0.0481. The molecule has 0 bridgehead atoms. The highest BCUT2D eigenvalue weighted by Crippen LogP contribution is 2.33. The van der Waals surface area contributed by atoms with Gasteiger partial charge >= 0.3 is 0 Å². The summed E-state index contributed by atoms with van der Waals surface area (Å²) in [4.78, 5) is 59.2. The molecule has 3 saturated heterocycles. The van der Waals surface area contributed by atoms with Gasteiger partial charge in [0.15, 0.2) is 5.82 Å². The zero-order chi connectivity index (χ0) is 41.3. The van der Waals surface area contributed by atoms with Crippen molar-refractivity contribution in [2.45, 2.75) is 95.6 Å². The Morgan fingerprint density at radius 2 is 1.63 bits per heavy atom. The van der Waals surface area contributed by atoms with Crippen LogP contribution < -0.4 is 21.5 Å². The molecule has 1 atom stereocenters. The fraction of sp³-hybridized carbons (Fsp3) is 0.467. The zero-order valence-corrected chi connectivity index (χ0v) is 33.7. The Morgan fingerprint density at radius 1 is 0.847 bits per heavy atom. The SMILES string of the molecule is Cc1ccn(-c2cccc(-c3nc(NC4CCCCC4)ncc3F)c2)c(=O)c1.O=CN1CCC(CN2CCC(c3ccc(NC4CCC(=O)NC4=O)cc3F)CC2)CC1. The minimum atomic E-state index is -0.510. The second-order valence-electron chi connectivity index (χ2n) is 16.4. The number of imide groups is 1. The number of aromatic nitrogens is 3. The van der Waals surface area contributed by atoms with Crippen molar-refractivity contribution in [3.63, 3.8) is 0 Å². The molecule has 2 aromatic heterocycles. The van der Waals surface area contributed by atoms with Crippen molar-refractivity contribution < 1.29 is 23.2 Å². The first-order chi connectivity index (χ1) is 28.6. The number of anilines is 2. The predicted octanol–water partition coefficient (Wildman–Crippen LogP) is 6.58. The van der Waals surface area contributed by atoms with Gasteiger partial charge in [-0.3, -0.25) is 29.1 Å². The molecule has 312 valence electrons. The lowest BCUT2D eigenvalue weighted by molar-refractivity contribution is -0.133. The Hall–Kier alpha value is -5.50. The average molecular weight is 809 g/mol. The smallest absolute Gasteiger partial charge is 0.255 e. The molecule has 0 spiro atoms. The van der Waals surface area contributed by atoms with E-state index in [1.165, 1.54) is 36.1 Å². The summed E-state index contributed by atoms with van der Waals surface area (Å²) in [5.41, 5.74) is 3.59. The number of halogens is 2. The normalized spacial score (nSPS) is 19.7. The number of benzene rings is 2. The molecule has 14 heteroatoms. The van der Waals surface area contributed by atoms with Gasteiger partial charge in [-0.1, -0.05) is 37.5 Å². The van der Waals surface area contributed by atoms with Crippen molar-refractivity contribution in [2.75, 3.05) is 43.4 Å². The number of rotatable bonds is 10. The van der Waals surface area contributed by atoms with Gasteiger partial charge in [-0.15, -0.1) is 0 Å². The second-order valence-corrected chi connectivity index (χ2v) is 16.4. The van der Waals surface area contributed by atoms with Gasteiger partial charge in [0.05, 0.1) is 6.20 Å². The van der Waals surface area contributed by atoms with Gasteiger partial charge in [0.1, 0.15) is 17.6 Å². The molecule has 5 heterocycles. The number of aryl methyl sites for hydroxylation is 1. The molecule has 1 saturated carbocycles. The molecule has 3 amide bonds. The van der Waals surface area contributed by atoms with E-state index in [2.05, 4.69) is 30.8 Å². The summed E-state index contributed by atoms with van der Waals surface area (Å²) < 4.78 is 30.9. The van der Waals surface area contributed by atoms with Crippen molar-refractivity contribution in [2.24, 2.45) is 5.92 Å². The number of carbonyl (C=O) groups is 3. The van der Waals surface area contributed by atoms with Crippen molar-refractivity contribution in [3.8, 4) is 16.9 Å². The highest BCUT2D eigenvalue weighted by molar-refractivity contribution is 6.01.